The number of carbonyl (C=O) groups is 1. The molecule has 1 fully saturated rings. The highest BCUT2D eigenvalue weighted by molar-refractivity contribution is 8.00. The van der Waals surface area contributed by atoms with Gasteiger partial charge in [0.05, 0.1) is 18.0 Å². The molecule has 0 radical (unpaired) electrons. The summed E-state index contributed by atoms with van der Waals surface area (Å²) in [5.41, 5.74) is 0.831. The van der Waals surface area contributed by atoms with Gasteiger partial charge in [0, 0.05) is 12.1 Å². The number of hydrogen-bond donors (Lipinski definition) is 0. The number of hydrogen-bond acceptors (Lipinski definition) is 6. The second kappa shape index (κ2) is 8.07. The quantitative estimate of drug-likeness (QED) is 0.748. The van der Waals surface area contributed by atoms with Crippen molar-refractivity contribution in [1.82, 2.24) is 25.1 Å². The molecule has 1 aromatic carbocycles. The van der Waals surface area contributed by atoms with E-state index in [-0.39, 0.29) is 23.2 Å². The van der Waals surface area contributed by atoms with Crippen LogP contribution in [0.15, 0.2) is 29.4 Å². The predicted molar refractivity (Wildman–Crippen MR) is 101 cm³/mol. The van der Waals surface area contributed by atoms with Crippen LogP contribution < -0.4 is 4.74 Å². The molecule has 0 saturated carbocycles. The van der Waals surface area contributed by atoms with Crippen molar-refractivity contribution >= 4 is 17.7 Å². The van der Waals surface area contributed by atoms with Gasteiger partial charge in [-0.2, -0.15) is 4.68 Å². The Morgan fingerprint density at radius 3 is 2.50 bits per heavy atom. The maximum atomic E-state index is 13.0. The van der Waals surface area contributed by atoms with Gasteiger partial charge in [0.15, 0.2) is 0 Å². The molecule has 140 valence electrons. The van der Waals surface area contributed by atoms with Gasteiger partial charge >= 0.3 is 0 Å². The lowest BCUT2D eigenvalue weighted by molar-refractivity contribution is -0.136. The fraction of sp³-hybridized carbons (Fsp3) is 0.556. The molecule has 2 aromatic rings. The average Bonchev–Trinajstić information content (AvgIpc) is 3.09. The minimum Gasteiger partial charge on any atom is -0.497 e. The Balaban J connectivity index is 1.74. The third kappa shape index (κ3) is 3.85. The van der Waals surface area contributed by atoms with Crippen molar-refractivity contribution in [3.63, 3.8) is 0 Å². The lowest BCUT2D eigenvalue weighted by atomic mass is 9.97. The van der Waals surface area contributed by atoms with Crippen LogP contribution in [0, 0.1) is 0 Å². The molecule has 7 nitrogen and oxygen atoms in total. The van der Waals surface area contributed by atoms with Crippen LogP contribution in [0.1, 0.15) is 40.0 Å². The topological polar surface area (TPSA) is 73.1 Å². The van der Waals surface area contributed by atoms with E-state index in [1.54, 1.807) is 11.8 Å². The first kappa shape index (κ1) is 18.7. The highest BCUT2D eigenvalue weighted by Gasteiger charge is 2.32. The average molecular weight is 375 g/mol. The second-order valence-corrected chi connectivity index (χ2v) is 8.01. The maximum absolute atomic E-state index is 13.0. The molecule has 0 bridgehead atoms. The molecule has 0 spiro atoms. The van der Waals surface area contributed by atoms with Crippen LogP contribution in [0.5, 0.6) is 5.75 Å². The van der Waals surface area contributed by atoms with Crippen molar-refractivity contribution < 1.29 is 9.53 Å². The van der Waals surface area contributed by atoms with E-state index in [9.17, 15) is 4.79 Å². The van der Waals surface area contributed by atoms with E-state index in [1.165, 1.54) is 18.2 Å². The van der Waals surface area contributed by atoms with Crippen molar-refractivity contribution in [3.05, 3.63) is 24.3 Å². The fourth-order valence-electron chi connectivity index (χ4n) is 3.41. The minimum atomic E-state index is -0.249. The number of likely N-dealkylation sites (tertiary alicyclic amines) is 1. The van der Waals surface area contributed by atoms with Gasteiger partial charge in [-0.05, 0) is 74.7 Å². The van der Waals surface area contributed by atoms with E-state index in [2.05, 4.69) is 29.4 Å². The lowest BCUT2D eigenvalue weighted by Gasteiger charge is -2.40. The van der Waals surface area contributed by atoms with E-state index in [1.807, 2.05) is 36.1 Å². The van der Waals surface area contributed by atoms with Crippen LogP contribution >= 0.6 is 11.8 Å². The smallest absolute Gasteiger partial charge is 0.236 e. The molecule has 0 N–H and O–H groups in total. The van der Waals surface area contributed by atoms with E-state index < -0.39 is 0 Å². The molecule has 26 heavy (non-hydrogen) atoms. The maximum Gasteiger partial charge on any atom is 0.236 e. The Kier molecular flexibility index (Phi) is 5.80. The Labute approximate surface area is 158 Å². The van der Waals surface area contributed by atoms with Crippen LogP contribution in [0.25, 0.3) is 5.69 Å². The number of benzene rings is 1. The van der Waals surface area contributed by atoms with Gasteiger partial charge in [-0.15, -0.1) is 5.10 Å². The molecule has 1 aliphatic heterocycles. The lowest BCUT2D eigenvalue weighted by Crippen LogP contribution is -2.50. The van der Waals surface area contributed by atoms with Gasteiger partial charge in [-0.1, -0.05) is 11.8 Å². The molecule has 1 aromatic heterocycles. The molecule has 0 unspecified atom stereocenters. The highest BCUT2D eigenvalue weighted by Crippen LogP contribution is 2.29. The van der Waals surface area contributed by atoms with Gasteiger partial charge in [0.2, 0.25) is 11.1 Å². The Morgan fingerprint density at radius 1 is 1.23 bits per heavy atom. The summed E-state index contributed by atoms with van der Waals surface area (Å²) in [6.07, 6.45) is 3.32. The number of methoxy groups -OCH3 is 1. The third-order valence-electron chi connectivity index (χ3n) is 4.84. The highest BCUT2D eigenvalue weighted by atomic mass is 32.2. The second-order valence-electron chi connectivity index (χ2n) is 6.71. The molecule has 0 aliphatic carbocycles. The number of tetrazole rings is 1. The molecular formula is C18H25N5O2S. The zero-order valence-electron chi connectivity index (χ0n) is 15.6. The van der Waals surface area contributed by atoms with Gasteiger partial charge in [-0.3, -0.25) is 4.79 Å². The molecule has 2 heterocycles. The molecule has 1 aliphatic rings. The predicted octanol–water partition coefficient (Wildman–Crippen LogP) is 2.94. The molecule has 3 rings (SSSR count). The number of carbonyl (C=O) groups excluding carboxylic acids is 1. The summed E-state index contributed by atoms with van der Waals surface area (Å²) < 4.78 is 6.83. The van der Waals surface area contributed by atoms with Gasteiger partial charge in [0.1, 0.15) is 5.75 Å². The summed E-state index contributed by atoms with van der Waals surface area (Å²) in [6.45, 7) is 6.19. The van der Waals surface area contributed by atoms with Crippen LogP contribution in [-0.4, -0.2) is 55.5 Å². The SMILES string of the molecule is COc1ccc(-n2nnnc2S[C@H](C)C(=O)N2[C@H](C)CCC[C@@H]2C)cc1. The van der Waals surface area contributed by atoms with Crippen molar-refractivity contribution in [2.24, 2.45) is 0 Å². The number of nitrogens with zero attached hydrogens (tertiary/aromatic N) is 5. The Bertz CT molecular complexity index is 738. The zero-order valence-corrected chi connectivity index (χ0v) is 16.4. The Morgan fingerprint density at radius 2 is 1.88 bits per heavy atom. The van der Waals surface area contributed by atoms with Crippen molar-refractivity contribution in [2.75, 3.05) is 7.11 Å². The van der Waals surface area contributed by atoms with Crippen LogP contribution in [0.3, 0.4) is 0 Å². The standard InChI is InChI=1S/C18H25N5O2S/c1-12-6-5-7-13(2)22(12)17(24)14(3)26-18-19-20-21-23(18)15-8-10-16(25-4)11-9-15/h8-14H,5-7H2,1-4H3/t12-,13+,14-/m1/s1. The number of piperidine rings is 1. The van der Waals surface area contributed by atoms with Crippen LogP contribution in [0.4, 0.5) is 0 Å². The molecule has 1 saturated heterocycles. The first-order valence-electron chi connectivity index (χ1n) is 8.93. The summed E-state index contributed by atoms with van der Waals surface area (Å²) in [5.74, 6) is 0.923. The largest absolute Gasteiger partial charge is 0.497 e. The zero-order chi connectivity index (χ0) is 18.7. The van der Waals surface area contributed by atoms with Gasteiger partial charge in [-0.25, -0.2) is 0 Å². The van der Waals surface area contributed by atoms with Crippen LogP contribution in [-0.2, 0) is 4.79 Å². The molecule has 8 heteroatoms. The number of ether oxygens (including phenoxy) is 1. The molecular weight excluding hydrogens is 350 g/mol. The summed E-state index contributed by atoms with van der Waals surface area (Å²) in [6, 6.07) is 8.06. The van der Waals surface area contributed by atoms with E-state index in [0.29, 0.717) is 5.16 Å². The first-order chi connectivity index (χ1) is 12.5. The van der Waals surface area contributed by atoms with Gasteiger partial charge < -0.3 is 9.64 Å². The molecule has 1 amide bonds. The summed E-state index contributed by atoms with van der Waals surface area (Å²) in [4.78, 5) is 15.0. The van der Waals surface area contributed by atoms with E-state index in [4.69, 9.17) is 4.74 Å². The first-order valence-corrected chi connectivity index (χ1v) is 9.81. The monoisotopic (exact) mass is 375 g/mol. The number of rotatable bonds is 5. The minimum absolute atomic E-state index is 0.152. The van der Waals surface area contributed by atoms with Gasteiger partial charge in [0.25, 0.3) is 0 Å². The normalized spacial score (nSPS) is 21.5. The molecule has 3 atom stereocenters. The summed E-state index contributed by atoms with van der Waals surface area (Å²) in [5, 5.41) is 12.3. The van der Waals surface area contributed by atoms with Crippen molar-refractivity contribution in [2.45, 2.75) is 62.5 Å². The Hall–Kier alpha value is -2.09. The summed E-state index contributed by atoms with van der Waals surface area (Å²) in [7, 11) is 1.63. The fourth-order valence-corrected chi connectivity index (χ4v) is 4.28. The number of thioether (sulfide) groups is 1. The van der Waals surface area contributed by atoms with E-state index >= 15 is 0 Å². The number of aromatic nitrogens is 4. The van der Waals surface area contributed by atoms with Crippen molar-refractivity contribution in [3.8, 4) is 11.4 Å². The van der Waals surface area contributed by atoms with E-state index in [0.717, 1.165) is 24.3 Å². The summed E-state index contributed by atoms with van der Waals surface area (Å²) >= 11 is 1.39. The third-order valence-corrected chi connectivity index (χ3v) is 5.86. The van der Waals surface area contributed by atoms with Crippen LogP contribution in [0.2, 0.25) is 0 Å². The number of amides is 1. The van der Waals surface area contributed by atoms with Crippen molar-refractivity contribution in [1.29, 1.82) is 0 Å².